The predicted molar refractivity (Wildman–Crippen MR) is 49.2 cm³/mol. The van der Waals surface area contributed by atoms with E-state index in [-0.39, 0.29) is 0 Å². The Morgan fingerprint density at radius 3 is 2.64 bits per heavy atom. The molecule has 0 atom stereocenters. The van der Waals surface area contributed by atoms with Crippen molar-refractivity contribution in [2.75, 3.05) is 6.26 Å². The van der Waals surface area contributed by atoms with E-state index < -0.39 is 0 Å². The van der Waals surface area contributed by atoms with Crippen LogP contribution in [0.2, 0.25) is 0 Å². The van der Waals surface area contributed by atoms with Crippen molar-refractivity contribution in [1.82, 2.24) is 5.48 Å². The van der Waals surface area contributed by atoms with E-state index in [1.807, 2.05) is 19.3 Å². The van der Waals surface area contributed by atoms with Crippen LogP contribution in [-0.2, 0) is 0 Å². The number of hydroxylamine groups is 1. The van der Waals surface area contributed by atoms with Gasteiger partial charge in [0.05, 0.1) is 0 Å². The Morgan fingerprint density at radius 2 is 2.27 bits per heavy atom. The molecule has 2 N–H and O–H groups in total. The molecule has 0 aromatic rings. The molecule has 0 aromatic carbocycles. The molecule has 0 aliphatic carbocycles. The average Bonchev–Trinajstić information content (AvgIpc) is 1.98. The van der Waals surface area contributed by atoms with Gasteiger partial charge in [-0.2, -0.15) is 5.10 Å². The quantitative estimate of drug-likeness (QED) is 0.378. The first-order valence-electron chi connectivity index (χ1n) is 3.26. The highest BCUT2D eigenvalue weighted by Gasteiger charge is 1.89. The predicted octanol–water partition coefficient (Wildman–Crippen LogP) is 1.33. The fourth-order valence-corrected chi connectivity index (χ4v) is 0.548. The lowest BCUT2D eigenvalue weighted by atomic mass is 10.3. The Kier molecular flexibility index (Phi) is 5.87. The first kappa shape index (κ1) is 10.4. The molecule has 11 heavy (non-hydrogen) atoms. The van der Waals surface area contributed by atoms with Crippen molar-refractivity contribution in [3.63, 3.8) is 0 Å². The monoisotopic (exact) mass is 175 g/mol. The van der Waals surface area contributed by atoms with E-state index in [0.717, 1.165) is 0 Å². The molecular weight excluding hydrogens is 162 g/mol. The minimum atomic E-state index is 0.376. The highest BCUT2D eigenvalue weighted by Crippen LogP contribution is 1.94. The lowest BCUT2D eigenvalue weighted by Gasteiger charge is -1.95. The van der Waals surface area contributed by atoms with Crippen molar-refractivity contribution in [2.45, 2.75) is 13.8 Å². The van der Waals surface area contributed by atoms with Gasteiger partial charge in [-0.25, -0.2) is 5.48 Å². The normalized spacial score (nSPS) is 13.0. The lowest BCUT2D eigenvalue weighted by molar-refractivity contribution is 0.237. The van der Waals surface area contributed by atoms with Gasteiger partial charge in [0.1, 0.15) is 0 Å². The maximum Gasteiger partial charge on any atom is 0.206 e. The summed E-state index contributed by atoms with van der Waals surface area (Å²) in [4.78, 5) is 0. The van der Waals surface area contributed by atoms with Crippen molar-refractivity contribution in [3.8, 4) is 0 Å². The van der Waals surface area contributed by atoms with Gasteiger partial charge in [-0.1, -0.05) is 25.6 Å². The minimum Gasteiger partial charge on any atom is -0.289 e. The summed E-state index contributed by atoms with van der Waals surface area (Å²) < 4.78 is 0. The van der Waals surface area contributed by atoms with Crippen LogP contribution in [0.5, 0.6) is 0 Å². The zero-order valence-corrected chi connectivity index (χ0v) is 7.72. The fourth-order valence-electron chi connectivity index (χ4n) is 0.328. The molecule has 0 rings (SSSR count). The van der Waals surface area contributed by atoms with Crippen LogP contribution < -0.4 is 5.48 Å². The molecule has 0 unspecified atom stereocenters. The van der Waals surface area contributed by atoms with Crippen LogP contribution in [0.1, 0.15) is 13.8 Å². The van der Waals surface area contributed by atoms with Crippen molar-refractivity contribution < 1.29 is 5.21 Å². The fraction of sp³-hybridized carbons (Fsp3) is 0.667. The van der Waals surface area contributed by atoms with Crippen LogP contribution in [0.15, 0.2) is 10.2 Å². The largest absolute Gasteiger partial charge is 0.289 e. The number of hydrogen-bond acceptors (Lipinski definition) is 4. The Hall–Kier alpha value is -0.550. The number of nitrogens with one attached hydrogen (secondary N) is 1. The van der Waals surface area contributed by atoms with Gasteiger partial charge in [-0.3, -0.25) is 5.21 Å². The third-order valence-corrected chi connectivity index (χ3v) is 1.36. The lowest BCUT2D eigenvalue weighted by Crippen LogP contribution is -2.13. The van der Waals surface area contributed by atoms with Gasteiger partial charge >= 0.3 is 0 Å². The molecular formula is C6H13N3OS. The van der Waals surface area contributed by atoms with Gasteiger partial charge in [-0.15, -0.1) is 5.10 Å². The third kappa shape index (κ3) is 5.87. The van der Waals surface area contributed by atoms with E-state index in [1.165, 1.54) is 11.8 Å². The number of thioether (sulfide) groups is 1. The molecule has 0 fully saturated rings. The molecule has 5 heteroatoms. The number of rotatable bonds is 2. The van der Waals surface area contributed by atoms with E-state index in [0.29, 0.717) is 11.1 Å². The van der Waals surface area contributed by atoms with E-state index in [1.54, 1.807) is 12.5 Å². The zero-order chi connectivity index (χ0) is 8.69. The molecule has 0 bridgehead atoms. The number of amidine groups is 1. The third-order valence-electron chi connectivity index (χ3n) is 0.802. The first-order chi connectivity index (χ1) is 5.20. The van der Waals surface area contributed by atoms with E-state index >= 15 is 0 Å². The first-order valence-corrected chi connectivity index (χ1v) is 4.48. The summed E-state index contributed by atoms with van der Waals surface area (Å²) in [7, 11) is 0. The van der Waals surface area contributed by atoms with Gasteiger partial charge in [0.15, 0.2) is 0 Å². The Morgan fingerprint density at radius 1 is 1.64 bits per heavy atom. The number of nitrogens with zero attached hydrogens (tertiary/aromatic N) is 2. The Bertz CT molecular complexity index is 150. The smallest absolute Gasteiger partial charge is 0.206 e. The van der Waals surface area contributed by atoms with Crippen LogP contribution in [-0.4, -0.2) is 22.8 Å². The van der Waals surface area contributed by atoms with Crippen LogP contribution in [0, 0.1) is 5.92 Å². The van der Waals surface area contributed by atoms with Gasteiger partial charge in [-0.05, 0) is 12.2 Å². The van der Waals surface area contributed by atoms with Gasteiger partial charge < -0.3 is 0 Å². The van der Waals surface area contributed by atoms with Crippen LogP contribution in [0.4, 0.5) is 0 Å². The summed E-state index contributed by atoms with van der Waals surface area (Å²) in [5, 5.41) is 16.2. The molecule has 0 aliphatic heterocycles. The Labute approximate surface area is 70.7 Å². The average molecular weight is 175 g/mol. The SMILES string of the molecule is CS/C(=N\N=C\C(C)C)NO. The highest BCUT2D eigenvalue weighted by molar-refractivity contribution is 8.13. The molecule has 0 aromatic heterocycles. The minimum absolute atomic E-state index is 0.376. The van der Waals surface area contributed by atoms with Crippen molar-refractivity contribution in [1.29, 1.82) is 0 Å². The molecule has 0 saturated carbocycles. The second kappa shape index (κ2) is 6.18. The molecule has 4 nitrogen and oxygen atoms in total. The number of hydrogen-bond donors (Lipinski definition) is 2. The van der Waals surface area contributed by atoms with Crippen LogP contribution >= 0.6 is 11.8 Å². The van der Waals surface area contributed by atoms with Gasteiger partial charge in [0.25, 0.3) is 0 Å². The second-order valence-corrected chi connectivity index (χ2v) is 3.02. The Balaban J connectivity index is 3.87. The molecule has 0 saturated heterocycles. The topological polar surface area (TPSA) is 57.0 Å². The molecule has 64 valence electrons. The summed E-state index contributed by atoms with van der Waals surface area (Å²) in [6.07, 6.45) is 3.50. The van der Waals surface area contributed by atoms with Crippen LogP contribution in [0.25, 0.3) is 0 Å². The van der Waals surface area contributed by atoms with E-state index in [4.69, 9.17) is 5.21 Å². The maximum absolute atomic E-state index is 8.42. The molecule has 0 radical (unpaired) electrons. The van der Waals surface area contributed by atoms with Gasteiger partial charge in [0, 0.05) is 6.21 Å². The summed E-state index contributed by atoms with van der Waals surface area (Å²) in [6, 6.07) is 0. The molecule has 0 aliphatic rings. The molecule has 0 heterocycles. The zero-order valence-electron chi connectivity index (χ0n) is 6.90. The van der Waals surface area contributed by atoms with Crippen molar-refractivity contribution in [3.05, 3.63) is 0 Å². The van der Waals surface area contributed by atoms with Crippen molar-refractivity contribution in [2.24, 2.45) is 16.1 Å². The summed E-state index contributed by atoms with van der Waals surface area (Å²) in [5.41, 5.74) is 1.92. The standard InChI is InChI=1S/C6H13N3OS/c1-5(2)4-7-8-6(9-10)11-3/h4-5,10H,1-3H3,(H,8,9)/b7-4+. The summed E-state index contributed by atoms with van der Waals surface area (Å²) in [6.45, 7) is 4.01. The van der Waals surface area contributed by atoms with E-state index in [2.05, 4.69) is 10.2 Å². The highest BCUT2D eigenvalue weighted by atomic mass is 32.2. The van der Waals surface area contributed by atoms with E-state index in [9.17, 15) is 0 Å². The second-order valence-electron chi connectivity index (χ2n) is 2.23. The molecule has 0 amide bonds. The summed E-state index contributed by atoms with van der Waals surface area (Å²) >= 11 is 1.30. The summed E-state index contributed by atoms with van der Waals surface area (Å²) in [5.74, 6) is 0.376. The van der Waals surface area contributed by atoms with Crippen LogP contribution in [0.3, 0.4) is 0 Å². The molecule has 0 spiro atoms. The van der Waals surface area contributed by atoms with Gasteiger partial charge in [0.2, 0.25) is 5.17 Å². The van der Waals surface area contributed by atoms with Crippen molar-refractivity contribution >= 4 is 23.1 Å². The maximum atomic E-state index is 8.42.